The van der Waals surface area contributed by atoms with Crippen molar-refractivity contribution in [3.63, 3.8) is 0 Å². The topological polar surface area (TPSA) is 40.5 Å². The lowest BCUT2D eigenvalue weighted by Gasteiger charge is -2.31. The first-order valence-corrected chi connectivity index (χ1v) is 8.04. The average Bonchev–Trinajstić information content (AvgIpc) is 2.55. The van der Waals surface area contributed by atoms with Crippen molar-refractivity contribution in [3.8, 4) is 0 Å². The summed E-state index contributed by atoms with van der Waals surface area (Å²) < 4.78 is 0. The summed E-state index contributed by atoms with van der Waals surface area (Å²) in [5.74, 6) is -0.116. The summed E-state index contributed by atoms with van der Waals surface area (Å²) in [6.07, 6.45) is 1.56. The molecule has 1 aliphatic rings. The molecule has 0 aliphatic carbocycles. The van der Waals surface area contributed by atoms with Gasteiger partial charge in [0, 0.05) is 22.7 Å². The summed E-state index contributed by atoms with van der Waals surface area (Å²) in [4.78, 5) is 14.5. The van der Waals surface area contributed by atoms with Gasteiger partial charge in [0.2, 0.25) is 0 Å². The molecule has 5 heteroatoms. The summed E-state index contributed by atoms with van der Waals surface area (Å²) in [5, 5.41) is 10.9. The zero-order valence-electron chi connectivity index (χ0n) is 12.2. The Hall–Kier alpha value is -1.81. The molecule has 3 rings (SSSR count). The van der Waals surface area contributed by atoms with Crippen molar-refractivity contribution in [1.29, 1.82) is 0 Å². The highest BCUT2D eigenvalue weighted by atomic mass is 35.5. The average molecular weight is 348 g/mol. The number of carbonyl (C=O) groups excluding carboxylic acids is 1. The van der Waals surface area contributed by atoms with Crippen LogP contribution in [0.1, 0.15) is 22.3 Å². The Bertz CT molecular complexity index is 759. The molecular weight excluding hydrogens is 333 g/mol. The third-order valence-electron chi connectivity index (χ3n) is 3.76. The lowest BCUT2D eigenvalue weighted by molar-refractivity contribution is 0.0804. The molecule has 2 aromatic rings. The highest BCUT2D eigenvalue weighted by molar-refractivity contribution is 6.35. The van der Waals surface area contributed by atoms with Crippen LogP contribution in [-0.4, -0.2) is 28.6 Å². The van der Waals surface area contributed by atoms with Crippen LogP contribution in [0.5, 0.6) is 0 Å². The molecule has 1 heterocycles. The number of hydrogen-bond donors (Lipinski definition) is 1. The van der Waals surface area contributed by atoms with Crippen LogP contribution < -0.4 is 0 Å². The predicted octanol–water partition coefficient (Wildman–Crippen LogP) is 4.24. The fraction of sp³-hybridized carbons (Fsp3) is 0.167. The van der Waals surface area contributed by atoms with E-state index in [2.05, 4.69) is 0 Å². The van der Waals surface area contributed by atoms with Crippen LogP contribution in [0.3, 0.4) is 0 Å². The molecule has 0 aromatic heterocycles. The molecule has 0 fully saturated rings. The van der Waals surface area contributed by atoms with Gasteiger partial charge in [-0.05, 0) is 42.8 Å². The second-order valence-electron chi connectivity index (χ2n) is 5.35. The van der Waals surface area contributed by atoms with Crippen LogP contribution in [0, 0.1) is 0 Å². The Kier molecular flexibility index (Phi) is 4.71. The first-order chi connectivity index (χ1) is 11.1. The largest absolute Gasteiger partial charge is 0.389 e. The van der Waals surface area contributed by atoms with E-state index in [1.807, 2.05) is 18.2 Å². The third-order valence-corrected chi connectivity index (χ3v) is 4.31. The lowest BCUT2D eigenvalue weighted by Crippen LogP contribution is -2.36. The first kappa shape index (κ1) is 16.1. The van der Waals surface area contributed by atoms with Gasteiger partial charge >= 0.3 is 0 Å². The molecule has 1 N–H and O–H groups in total. The fourth-order valence-electron chi connectivity index (χ4n) is 2.62. The molecule has 23 heavy (non-hydrogen) atoms. The van der Waals surface area contributed by atoms with Crippen LogP contribution in [0.2, 0.25) is 10.0 Å². The first-order valence-electron chi connectivity index (χ1n) is 7.28. The Labute approximate surface area is 144 Å². The van der Waals surface area contributed by atoms with Gasteiger partial charge in [-0.25, -0.2) is 0 Å². The maximum atomic E-state index is 12.8. The summed E-state index contributed by atoms with van der Waals surface area (Å²) >= 11 is 12.2. The van der Waals surface area contributed by atoms with Gasteiger partial charge in [-0.2, -0.15) is 0 Å². The number of halogens is 2. The second kappa shape index (κ2) is 6.75. The van der Waals surface area contributed by atoms with Gasteiger partial charge in [-0.3, -0.25) is 4.79 Å². The number of aliphatic hydroxyl groups is 1. The minimum atomic E-state index is -0.600. The van der Waals surface area contributed by atoms with E-state index >= 15 is 0 Å². The molecule has 0 saturated heterocycles. The van der Waals surface area contributed by atoms with Gasteiger partial charge in [-0.15, -0.1) is 0 Å². The van der Waals surface area contributed by atoms with Gasteiger partial charge in [0.1, 0.15) is 0 Å². The Morgan fingerprint density at radius 2 is 1.87 bits per heavy atom. The van der Waals surface area contributed by atoms with Crippen LogP contribution >= 0.6 is 23.2 Å². The van der Waals surface area contributed by atoms with Gasteiger partial charge in [0.25, 0.3) is 5.91 Å². The van der Waals surface area contributed by atoms with Crippen molar-refractivity contribution in [2.45, 2.75) is 12.5 Å². The number of amides is 1. The summed E-state index contributed by atoms with van der Waals surface area (Å²) in [7, 11) is 0. The van der Waals surface area contributed by atoms with Crippen LogP contribution in [0.4, 0.5) is 0 Å². The number of hydrogen-bond acceptors (Lipinski definition) is 2. The van der Waals surface area contributed by atoms with Crippen molar-refractivity contribution in [2.75, 3.05) is 6.54 Å². The number of benzene rings is 2. The van der Waals surface area contributed by atoms with E-state index in [0.29, 0.717) is 39.8 Å². The molecule has 3 nitrogen and oxygen atoms in total. The Morgan fingerprint density at radius 3 is 2.57 bits per heavy atom. The normalized spacial score (nSPS) is 17.8. The zero-order valence-corrected chi connectivity index (χ0v) is 13.8. The summed E-state index contributed by atoms with van der Waals surface area (Å²) in [6.45, 7) is 0.430. The van der Waals surface area contributed by atoms with E-state index in [4.69, 9.17) is 23.2 Å². The fourth-order valence-corrected chi connectivity index (χ4v) is 3.12. The molecule has 0 bridgehead atoms. The third kappa shape index (κ3) is 3.42. The van der Waals surface area contributed by atoms with Crippen molar-refractivity contribution < 1.29 is 9.90 Å². The van der Waals surface area contributed by atoms with Crippen molar-refractivity contribution in [1.82, 2.24) is 4.90 Å². The molecular formula is C18H15Cl2NO2. The van der Waals surface area contributed by atoms with Gasteiger partial charge < -0.3 is 10.0 Å². The molecule has 0 radical (unpaired) electrons. The predicted molar refractivity (Wildman–Crippen MR) is 92.5 cm³/mol. The molecule has 2 aromatic carbocycles. The molecule has 1 amide bonds. The van der Waals surface area contributed by atoms with E-state index in [-0.39, 0.29) is 5.91 Å². The number of carbonyl (C=O) groups is 1. The monoisotopic (exact) mass is 347 g/mol. The SMILES string of the molecule is O=C(c1ccccc1)N1CC[C@H](O)C=C1c1ccc(Cl)cc1Cl. The highest BCUT2D eigenvalue weighted by Crippen LogP contribution is 2.33. The molecule has 1 aliphatic heterocycles. The summed E-state index contributed by atoms with van der Waals surface area (Å²) in [6, 6.07) is 14.2. The smallest absolute Gasteiger partial charge is 0.258 e. The molecule has 0 spiro atoms. The van der Waals surface area contributed by atoms with Crippen molar-refractivity contribution in [3.05, 3.63) is 75.8 Å². The van der Waals surface area contributed by atoms with E-state index in [1.165, 1.54) is 0 Å². The number of nitrogens with zero attached hydrogens (tertiary/aromatic N) is 1. The number of rotatable bonds is 2. The quantitative estimate of drug-likeness (QED) is 0.882. The molecule has 118 valence electrons. The van der Waals surface area contributed by atoms with Gasteiger partial charge in [-0.1, -0.05) is 41.4 Å². The highest BCUT2D eigenvalue weighted by Gasteiger charge is 2.27. The lowest BCUT2D eigenvalue weighted by atomic mass is 10.0. The second-order valence-corrected chi connectivity index (χ2v) is 6.20. The Morgan fingerprint density at radius 1 is 1.13 bits per heavy atom. The van der Waals surface area contributed by atoms with E-state index in [0.717, 1.165) is 0 Å². The van der Waals surface area contributed by atoms with Crippen molar-refractivity contribution in [2.24, 2.45) is 0 Å². The van der Waals surface area contributed by atoms with E-state index in [9.17, 15) is 9.90 Å². The van der Waals surface area contributed by atoms with Gasteiger partial charge in [0.05, 0.1) is 16.8 Å². The van der Waals surface area contributed by atoms with Crippen LogP contribution in [0.15, 0.2) is 54.6 Å². The minimum absolute atomic E-state index is 0.116. The van der Waals surface area contributed by atoms with E-state index < -0.39 is 6.10 Å². The maximum absolute atomic E-state index is 12.8. The van der Waals surface area contributed by atoms with E-state index in [1.54, 1.807) is 41.3 Å². The molecule has 1 atom stereocenters. The molecule has 0 unspecified atom stereocenters. The zero-order chi connectivity index (χ0) is 16.4. The molecule has 0 saturated carbocycles. The van der Waals surface area contributed by atoms with Crippen LogP contribution in [0.25, 0.3) is 5.70 Å². The standard InChI is InChI=1S/C18H15Cl2NO2/c19-13-6-7-15(16(20)10-13)17-11-14(22)8-9-21(17)18(23)12-4-2-1-3-5-12/h1-7,10-11,14,22H,8-9H2/t14-/m0/s1. The number of aliphatic hydroxyl groups excluding tert-OH is 1. The van der Waals surface area contributed by atoms with Crippen molar-refractivity contribution >= 4 is 34.8 Å². The maximum Gasteiger partial charge on any atom is 0.258 e. The van der Waals surface area contributed by atoms with Gasteiger partial charge in [0.15, 0.2) is 0 Å². The summed E-state index contributed by atoms with van der Waals surface area (Å²) in [5.41, 5.74) is 1.89. The minimum Gasteiger partial charge on any atom is -0.389 e. The van der Waals surface area contributed by atoms with Crippen LogP contribution in [-0.2, 0) is 0 Å². The Balaban J connectivity index is 2.02.